The minimum atomic E-state index is -4.15. The number of rotatable bonds is 12. The summed E-state index contributed by atoms with van der Waals surface area (Å²) in [6, 6.07) is 13.7. The first kappa shape index (κ1) is 31.0. The highest BCUT2D eigenvalue weighted by Crippen LogP contribution is 2.28. The number of hydrogen-bond acceptors (Lipinski definition) is 7. The fourth-order valence-electron chi connectivity index (χ4n) is 5.42. The molecule has 0 atom stereocenters. The molecule has 0 unspecified atom stereocenters. The summed E-state index contributed by atoms with van der Waals surface area (Å²) >= 11 is 0. The van der Waals surface area contributed by atoms with Gasteiger partial charge in [0.2, 0.25) is 10.0 Å². The lowest BCUT2D eigenvalue weighted by Crippen LogP contribution is -2.36. The topological polar surface area (TPSA) is 138 Å². The Kier molecular flexibility index (Phi) is 9.85. The average molecular weight is 596 g/mol. The van der Waals surface area contributed by atoms with Crippen LogP contribution < -0.4 is 10.5 Å². The number of hydrogen-bond donors (Lipinski definition) is 1. The van der Waals surface area contributed by atoms with Crippen LogP contribution in [0.4, 0.5) is 0 Å². The summed E-state index contributed by atoms with van der Waals surface area (Å²) in [7, 11) is -1.39. The average Bonchev–Trinajstić information content (AvgIpc) is 3.33. The zero-order chi connectivity index (χ0) is 30.4. The summed E-state index contributed by atoms with van der Waals surface area (Å²) in [5.41, 5.74) is 7.61. The van der Waals surface area contributed by atoms with E-state index in [1.54, 1.807) is 31.2 Å². The van der Waals surface area contributed by atoms with Crippen molar-refractivity contribution >= 4 is 27.7 Å². The normalized spacial score (nSPS) is 14.1. The van der Waals surface area contributed by atoms with E-state index in [0.29, 0.717) is 35.0 Å². The first-order chi connectivity index (χ1) is 20.0. The molecule has 4 rings (SSSR count). The van der Waals surface area contributed by atoms with Crippen molar-refractivity contribution in [3.8, 4) is 5.75 Å². The predicted octanol–water partition coefficient (Wildman–Crippen LogP) is 4.34. The second kappa shape index (κ2) is 13.3. The maximum absolute atomic E-state index is 13.9. The van der Waals surface area contributed by atoms with Crippen LogP contribution in [0.1, 0.15) is 74.6 Å². The Labute approximate surface area is 246 Å². The monoisotopic (exact) mass is 595 g/mol. The van der Waals surface area contributed by atoms with Gasteiger partial charge in [-0.2, -0.15) is 4.31 Å². The SMILES string of the molecule is COC(=O)c1ccc(CN(CC(=O)c2cc(C(N)=O)c(C)n2CC2CCCCC2)S(=O)(=O)c2ccc(OC)cc2)cc1. The predicted molar refractivity (Wildman–Crippen MR) is 157 cm³/mol. The van der Waals surface area contributed by atoms with Crippen LogP contribution in [0.3, 0.4) is 0 Å². The number of esters is 1. The second-order valence-corrected chi connectivity index (χ2v) is 12.5. The van der Waals surface area contributed by atoms with Gasteiger partial charge in [-0.1, -0.05) is 31.4 Å². The smallest absolute Gasteiger partial charge is 0.337 e. The number of aromatic nitrogens is 1. The van der Waals surface area contributed by atoms with Gasteiger partial charge in [-0.05, 0) is 73.7 Å². The van der Waals surface area contributed by atoms with E-state index < -0.39 is 34.2 Å². The number of ether oxygens (including phenoxy) is 2. The largest absolute Gasteiger partial charge is 0.497 e. The summed E-state index contributed by atoms with van der Waals surface area (Å²) < 4.78 is 40.6. The van der Waals surface area contributed by atoms with Gasteiger partial charge >= 0.3 is 5.97 Å². The number of methoxy groups -OCH3 is 2. The maximum Gasteiger partial charge on any atom is 0.337 e. The molecule has 1 amide bonds. The van der Waals surface area contributed by atoms with E-state index in [-0.39, 0.29) is 22.7 Å². The molecule has 1 heterocycles. The lowest BCUT2D eigenvalue weighted by atomic mass is 9.89. The van der Waals surface area contributed by atoms with Gasteiger partial charge < -0.3 is 19.8 Å². The Morgan fingerprint density at radius 1 is 0.976 bits per heavy atom. The first-order valence-electron chi connectivity index (χ1n) is 13.9. The maximum atomic E-state index is 13.9. The van der Waals surface area contributed by atoms with Crippen molar-refractivity contribution < 1.29 is 32.3 Å². The fourth-order valence-corrected chi connectivity index (χ4v) is 6.80. The van der Waals surface area contributed by atoms with Gasteiger partial charge in [0.15, 0.2) is 5.78 Å². The van der Waals surface area contributed by atoms with Gasteiger partial charge in [0.05, 0.1) is 42.5 Å². The molecular formula is C31H37N3O7S. The third-order valence-corrected chi connectivity index (χ3v) is 9.64. The lowest BCUT2D eigenvalue weighted by Gasteiger charge is -2.25. The molecule has 0 saturated heterocycles. The second-order valence-electron chi connectivity index (χ2n) is 10.6. The first-order valence-corrected chi connectivity index (χ1v) is 15.3. The molecule has 11 heteroatoms. The van der Waals surface area contributed by atoms with Crippen LogP contribution in [0.2, 0.25) is 0 Å². The van der Waals surface area contributed by atoms with Gasteiger partial charge in [-0.25, -0.2) is 13.2 Å². The van der Waals surface area contributed by atoms with Crippen molar-refractivity contribution in [1.29, 1.82) is 0 Å². The highest BCUT2D eigenvalue weighted by molar-refractivity contribution is 7.89. The minimum Gasteiger partial charge on any atom is -0.497 e. The Balaban J connectivity index is 1.70. The molecule has 0 aliphatic heterocycles. The molecular weight excluding hydrogens is 558 g/mol. The van der Waals surface area contributed by atoms with Gasteiger partial charge in [-0.3, -0.25) is 9.59 Å². The van der Waals surface area contributed by atoms with Crippen molar-refractivity contribution in [1.82, 2.24) is 8.87 Å². The number of benzene rings is 2. The molecule has 0 bridgehead atoms. The lowest BCUT2D eigenvalue weighted by molar-refractivity contribution is 0.0600. The van der Waals surface area contributed by atoms with Crippen LogP contribution in [-0.4, -0.2) is 55.7 Å². The summed E-state index contributed by atoms with van der Waals surface area (Å²) in [4.78, 5) is 38.0. The standard InChI is InChI=1S/C31H37N3O7S/c1-21-27(30(32)36)17-28(34(21)19-22-7-5-4-6-8-22)29(35)20-33(18-23-9-11-24(12-10-23)31(37)41-3)42(38,39)26-15-13-25(40-2)14-16-26/h9-17,22H,4-8,18-20H2,1-3H3,(H2,32,36). The number of carbonyl (C=O) groups excluding carboxylic acids is 3. The summed E-state index contributed by atoms with van der Waals surface area (Å²) in [5.74, 6) is -0.768. The summed E-state index contributed by atoms with van der Waals surface area (Å²) in [6.45, 7) is 1.71. The number of sulfonamides is 1. The van der Waals surface area contributed by atoms with Crippen molar-refractivity contribution in [3.05, 3.63) is 82.7 Å². The third kappa shape index (κ3) is 6.91. The molecule has 2 N–H and O–H groups in total. The molecule has 1 fully saturated rings. The van der Waals surface area contributed by atoms with Crippen molar-refractivity contribution in [2.45, 2.75) is 57.0 Å². The van der Waals surface area contributed by atoms with Crippen LogP contribution in [0.15, 0.2) is 59.5 Å². The van der Waals surface area contributed by atoms with E-state index in [0.717, 1.165) is 30.0 Å². The molecule has 1 aromatic heterocycles. The van der Waals surface area contributed by atoms with Crippen molar-refractivity contribution in [3.63, 3.8) is 0 Å². The van der Waals surface area contributed by atoms with E-state index in [1.807, 2.05) is 4.57 Å². The Morgan fingerprint density at radius 3 is 2.19 bits per heavy atom. The van der Waals surface area contributed by atoms with E-state index >= 15 is 0 Å². The molecule has 1 aliphatic rings. The summed E-state index contributed by atoms with van der Waals surface area (Å²) in [5, 5.41) is 0. The van der Waals surface area contributed by atoms with E-state index in [4.69, 9.17) is 15.2 Å². The van der Waals surface area contributed by atoms with Crippen LogP contribution in [0.5, 0.6) is 5.75 Å². The van der Waals surface area contributed by atoms with Crippen LogP contribution in [0.25, 0.3) is 0 Å². The van der Waals surface area contributed by atoms with Gasteiger partial charge in [-0.15, -0.1) is 0 Å². The molecule has 2 aromatic carbocycles. The number of nitrogens with zero attached hydrogens (tertiary/aromatic N) is 2. The van der Waals surface area contributed by atoms with E-state index in [2.05, 4.69) is 0 Å². The Morgan fingerprint density at radius 2 is 1.62 bits per heavy atom. The molecule has 10 nitrogen and oxygen atoms in total. The van der Waals surface area contributed by atoms with E-state index in [9.17, 15) is 22.8 Å². The molecule has 1 saturated carbocycles. The number of amides is 1. The third-order valence-electron chi connectivity index (χ3n) is 7.83. The summed E-state index contributed by atoms with van der Waals surface area (Å²) in [6.07, 6.45) is 5.45. The number of primary amides is 1. The highest BCUT2D eigenvalue weighted by atomic mass is 32.2. The zero-order valence-electron chi connectivity index (χ0n) is 24.2. The zero-order valence-corrected chi connectivity index (χ0v) is 25.0. The van der Waals surface area contributed by atoms with Crippen molar-refractivity contribution in [2.24, 2.45) is 11.7 Å². The highest BCUT2D eigenvalue weighted by Gasteiger charge is 2.30. The van der Waals surface area contributed by atoms with E-state index in [1.165, 1.54) is 51.0 Å². The number of nitrogens with two attached hydrogens (primary N) is 1. The number of carbonyl (C=O) groups is 3. The van der Waals surface area contributed by atoms with Crippen LogP contribution in [-0.2, 0) is 27.8 Å². The van der Waals surface area contributed by atoms with Crippen LogP contribution in [0, 0.1) is 12.8 Å². The number of ketones is 1. The quantitative estimate of drug-likeness (QED) is 0.243. The molecule has 0 radical (unpaired) electrons. The minimum absolute atomic E-state index is 0.00567. The number of Topliss-reactive ketones (excluding diaryl/α,β-unsaturated/α-hetero) is 1. The molecule has 1 aliphatic carbocycles. The molecule has 0 spiro atoms. The molecule has 42 heavy (non-hydrogen) atoms. The molecule has 3 aromatic rings. The van der Waals surface area contributed by atoms with Gasteiger partial charge in [0.1, 0.15) is 5.75 Å². The van der Waals surface area contributed by atoms with Crippen molar-refractivity contribution in [2.75, 3.05) is 20.8 Å². The molecule has 224 valence electrons. The van der Waals surface area contributed by atoms with Gasteiger partial charge in [0.25, 0.3) is 5.91 Å². The van der Waals surface area contributed by atoms with Crippen LogP contribution >= 0.6 is 0 Å². The van der Waals surface area contributed by atoms with Gasteiger partial charge in [0, 0.05) is 18.8 Å². The Bertz CT molecular complexity index is 1540. The Hall–Kier alpha value is -3.96. The fraction of sp³-hybridized carbons (Fsp3) is 0.387.